The summed E-state index contributed by atoms with van der Waals surface area (Å²) in [6.45, 7) is 3.67. The van der Waals surface area contributed by atoms with Gasteiger partial charge in [-0.2, -0.15) is 0 Å². The smallest absolute Gasteiger partial charge is 0.221 e. The minimum atomic E-state index is -0.0559. The molecule has 0 radical (unpaired) electrons. The molecule has 1 aromatic carbocycles. The van der Waals surface area contributed by atoms with Gasteiger partial charge in [-0.25, -0.2) is 4.98 Å². The monoisotopic (exact) mass is 312 g/mol. The Morgan fingerprint density at radius 1 is 1.30 bits per heavy atom. The van der Waals surface area contributed by atoms with Gasteiger partial charge in [0.1, 0.15) is 5.82 Å². The van der Waals surface area contributed by atoms with Gasteiger partial charge in [-0.05, 0) is 50.7 Å². The Balaban J connectivity index is 1.76. The highest BCUT2D eigenvalue weighted by atomic mass is 16.1. The molecule has 2 aromatic rings. The fourth-order valence-electron chi connectivity index (χ4n) is 3.22. The van der Waals surface area contributed by atoms with Crippen LogP contribution in [0.1, 0.15) is 26.2 Å². The van der Waals surface area contributed by atoms with Gasteiger partial charge in [-0.1, -0.05) is 6.42 Å². The van der Waals surface area contributed by atoms with Crippen LogP contribution in [0.4, 0.5) is 5.69 Å². The van der Waals surface area contributed by atoms with E-state index >= 15 is 0 Å². The fraction of sp³-hybridized carbons (Fsp3) is 0.444. The molecular weight excluding hydrogens is 288 g/mol. The molecule has 1 aliphatic rings. The number of likely N-dealkylation sites (N-methyl/N-ethyl adjacent to an activating group) is 1. The highest BCUT2D eigenvalue weighted by Gasteiger charge is 2.20. The second-order valence-corrected chi connectivity index (χ2v) is 6.29. The number of amides is 1. The maximum atomic E-state index is 11.1. The van der Waals surface area contributed by atoms with Gasteiger partial charge in [-0.15, -0.1) is 0 Å². The van der Waals surface area contributed by atoms with E-state index in [2.05, 4.69) is 33.0 Å². The molecule has 1 N–H and O–H groups in total. The van der Waals surface area contributed by atoms with Crippen LogP contribution in [0.3, 0.4) is 0 Å². The number of aromatic nitrogens is 2. The second-order valence-electron chi connectivity index (χ2n) is 6.29. The summed E-state index contributed by atoms with van der Waals surface area (Å²) in [5, 5.41) is 2.79. The first-order valence-electron chi connectivity index (χ1n) is 8.23. The fourth-order valence-corrected chi connectivity index (χ4v) is 3.22. The summed E-state index contributed by atoms with van der Waals surface area (Å²) in [5.74, 6) is 0.929. The van der Waals surface area contributed by atoms with E-state index in [9.17, 15) is 4.79 Å². The average Bonchev–Trinajstić information content (AvgIpc) is 2.98. The molecule has 2 heterocycles. The van der Waals surface area contributed by atoms with Crippen molar-refractivity contribution in [3.05, 3.63) is 36.7 Å². The molecule has 0 spiro atoms. The third-order valence-electron chi connectivity index (χ3n) is 4.51. The van der Waals surface area contributed by atoms with Gasteiger partial charge in [0.2, 0.25) is 5.91 Å². The third-order valence-corrected chi connectivity index (χ3v) is 4.51. The van der Waals surface area contributed by atoms with Crippen LogP contribution in [-0.2, 0) is 11.3 Å². The van der Waals surface area contributed by atoms with Crippen LogP contribution in [0.5, 0.6) is 0 Å². The molecule has 0 bridgehead atoms. The second kappa shape index (κ2) is 6.96. The zero-order valence-electron chi connectivity index (χ0n) is 13.8. The van der Waals surface area contributed by atoms with E-state index in [4.69, 9.17) is 0 Å². The molecule has 5 heteroatoms. The first-order valence-corrected chi connectivity index (χ1v) is 8.23. The van der Waals surface area contributed by atoms with Crippen molar-refractivity contribution in [3.63, 3.8) is 0 Å². The number of hydrogen-bond acceptors (Lipinski definition) is 3. The SMILES string of the molecule is CC(=O)Nc1ccc(-c2nccn2CC2CCCCN2C)cc1. The average molecular weight is 312 g/mol. The number of rotatable bonds is 4. The molecule has 122 valence electrons. The number of imidazole rings is 1. The standard InChI is InChI=1S/C18H24N4O/c1-14(23)20-16-8-6-15(7-9-16)18-19-10-12-22(18)13-17-5-3-4-11-21(17)2/h6-10,12,17H,3-5,11,13H2,1-2H3,(H,20,23). The third kappa shape index (κ3) is 3.79. The van der Waals surface area contributed by atoms with Crippen LogP contribution in [0.2, 0.25) is 0 Å². The van der Waals surface area contributed by atoms with E-state index in [1.54, 1.807) is 0 Å². The number of likely N-dealkylation sites (tertiary alicyclic amines) is 1. The molecule has 0 saturated carbocycles. The molecule has 3 rings (SSSR count). The van der Waals surface area contributed by atoms with E-state index < -0.39 is 0 Å². The Morgan fingerprint density at radius 3 is 2.78 bits per heavy atom. The van der Waals surface area contributed by atoms with Crippen molar-refractivity contribution >= 4 is 11.6 Å². The maximum Gasteiger partial charge on any atom is 0.221 e. The van der Waals surface area contributed by atoms with Gasteiger partial charge >= 0.3 is 0 Å². The lowest BCUT2D eigenvalue weighted by molar-refractivity contribution is -0.114. The molecule has 1 aromatic heterocycles. The first-order chi connectivity index (χ1) is 11.1. The summed E-state index contributed by atoms with van der Waals surface area (Å²) in [5.41, 5.74) is 1.88. The normalized spacial score (nSPS) is 18.8. The molecular formula is C18H24N4O. The summed E-state index contributed by atoms with van der Waals surface area (Å²) in [4.78, 5) is 18.1. The zero-order chi connectivity index (χ0) is 16.2. The highest BCUT2D eigenvalue weighted by Crippen LogP contribution is 2.23. The number of nitrogens with one attached hydrogen (secondary N) is 1. The first kappa shape index (κ1) is 15.7. The van der Waals surface area contributed by atoms with Crippen molar-refractivity contribution in [3.8, 4) is 11.4 Å². The zero-order valence-corrected chi connectivity index (χ0v) is 13.8. The van der Waals surface area contributed by atoms with E-state index in [1.807, 2.05) is 30.5 Å². The largest absolute Gasteiger partial charge is 0.329 e. The van der Waals surface area contributed by atoms with Crippen LogP contribution < -0.4 is 5.32 Å². The van der Waals surface area contributed by atoms with Crippen molar-refractivity contribution in [1.29, 1.82) is 0 Å². The summed E-state index contributed by atoms with van der Waals surface area (Å²) in [7, 11) is 2.21. The predicted octanol–water partition coefficient (Wildman–Crippen LogP) is 2.99. The number of anilines is 1. The molecule has 1 atom stereocenters. The van der Waals surface area contributed by atoms with E-state index in [0.29, 0.717) is 6.04 Å². The summed E-state index contributed by atoms with van der Waals surface area (Å²) >= 11 is 0. The lowest BCUT2D eigenvalue weighted by Crippen LogP contribution is -2.39. The van der Waals surface area contributed by atoms with E-state index in [1.165, 1.54) is 32.7 Å². The van der Waals surface area contributed by atoms with Gasteiger partial charge in [0.15, 0.2) is 0 Å². The topological polar surface area (TPSA) is 50.2 Å². The van der Waals surface area contributed by atoms with Crippen LogP contribution in [-0.4, -0.2) is 40.0 Å². The maximum absolute atomic E-state index is 11.1. The van der Waals surface area contributed by atoms with Gasteiger partial charge < -0.3 is 14.8 Å². The van der Waals surface area contributed by atoms with Crippen molar-refractivity contribution in [2.24, 2.45) is 0 Å². The summed E-state index contributed by atoms with van der Waals surface area (Å²) < 4.78 is 2.24. The van der Waals surface area contributed by atoms with Crippen LogP contribution in [0.25, 0.3) is 11.4 Å². The summed E-state index contributed by atoms with van der Waals surface area (Å²) in [6.07, 6.45) is 7.77. The van der Waals surface area contributed by atoms with Crippen molar-refractivity contribution in [2.45, 2.75) is 38.8 Å². The molecule has 5 nitrogen and oxygen atoms in total. The predicted molar refractivity (Wildman–Crippen MR) is 92.2 cm³/mol. The minimum Gasteiger partial charge on any atom is -0.329 e. The van der Waals surface area contributed by atoms with Crippen molar-refractivity contribution < 1.29 is 4.79 Å². The number of piperidine rings is 1. The van der Waals surface area contributed by atoms with Gasteiger partial charge in [0.05, 0.1) is 0 Å². The number of carbonyl (C=O) groups is 1. The Morgan fingerprint density at radius 2 is 2.09 bits per heavy atom. The molecule has 1 unspecified atom stereocenters. The summed E-state index contributed by atoms with van der Waals surface area (Å²) in [6, 6.07) is 8.43. The number of nitrogens with zero attached hydrogens (tertiary/aromatic N) is 3. The lowest BCUT2D eigenvalue weighted by atomic mass is 10.0. The Bertz CT molecular complexity index is 662. The van der Waals surface area contributed by atoms with Crippen LogP contribution in [0, 0.1) is 0 Å². The van der Waals surface area contributed by atoms with Gasteiger partial charge in [0.25, 0.3) is 0 Å². The number of hydrogen-bond donors (Lipinski definition) is 1. The van der Waals surface area contributed by atoms with Gasteiger partial charge in [0, 0.05) is 43.2 Å². The lowest BCUT2D eigenvalue weighted by Gasteiger charge is -2.33. The molecule has 1 amide bonds. The Kier molecular flexibility index (Phi) is 4.76. The van der Waals surface area contributed by atoms with E-state index in [-0.39, 0.29) is 5.91 Å². The Hall–Kier alpha value is -2.14. The minimum absolute atomic E-state index is 0.0559. The molecule has 0 aliphatic carbocycles. The molecule has 1 saturated heterocycles. The van der Waals surface area contributed by atoms with E-state index in [0.717, 1.165) is 23.6 Å². The van der Waals surface area contributed by atoms with Crippen LogP contribution >= 0.6 is 0 Å². The quantitative estimate of drug-likeness (QED) is 0.944. The van der Waals surface area contributed by atoms with Crippen LogP contribution in [0.15, 0.2) is 36.7 Å². The highest BCUT2D eigenvalue weighted by molar-refractivity contribution is 5.88. The number of carbonyl (C=O) groups excluding carboxylic acids is 1. The van der Waals surface area contributed by atoms with Gasteiger partial charge in [-0.3, -0.25) is 4.79 Å². The number of benzene rings is 1. The molecule has 1 fully saturated rings. The molecule has 23 heavy (non-hydrogen) atoms. The van der Waals surface area contributed by atoms with Crippen molar-refractivity contribution in [2.75, 3.05) is 18.9 Å². The Labute approximate surface area is 137 Å². The van der Waals surface area contributed by atoms with Crippen molar-refractivity contribution in [1.82, 2.24) is 14.5 Å². The molecule has 1 aliphatic heterocycles.